The second-order valence-corrected chi connectivity index (χ2v) is 7.01. The Kier molecular flexibility index (Phi) is 4.73. The van der Waals surface area contributed by atoms with Crippen molar-refractivity contribution >= 4 is 15.9 Å². The average molecular weight is 422 g/mol. The van der Waals surface area contributed by atoms with Gasteiger partial charge in [-0.15, -0.1) is 0 Å². The lowest BCUT2D eigenvalue weighted by molar-refractivity contribution is 0.432. The van der Waals surface area contributed by atoms with Crippen LogP contribution in [0.15, 0.2) is 69.9 Å². The molecule has 2 aromatic carbocycles. The first-order valence-corrected chi connectivity index (χ1v) is 9.18. The highest BCUT2D eigenvalue weighted by atomic mass is 79.9. The van der Waals surface area contributed by atoms with Gasteiger partial charge in [-0.3, -0.25) is 4.98 Å². The first-order valence-electron chi connectivity index (χ1n) is 8.39. The molecule has 0 saturated heterocycles. The van der Waals surface area contributed by atoms with Crippen molar-refractivity contribution in [2.24, 2.45) is 0 Å². The van der Waals surface area contributed by atoms with Crippen LogP contribution in [-0.4, -0.2) is 15.1 Å². The number of hydrogen-bond acceptors (Lipinski definition) is 5. The highest BCUT2D eigenvalue weighted by molar-refractivity contribution is 9.10. The molecule has 0 amide bonds. The molecule has 4 rings (SSSR count). The minimum Gasteiger partial charge on any atom is -0.457 e. The first kappa shape index (κ1) is 17.4. The van der Waals surface area contributed by atoms with Crippen molar-refractivity contribution in [3.63, 3.8) is 0 Å². The molecule has 0 saturated carbocycles. The van der Waals surface area contributed by atoms with E-state index < -0.39 is 0 Å². The molecule has 0 atom stereocenters. The highest BCUT2D eigenvalue weighted by Crippen LogP contribution is 2.29. The first-order chi connectivity index (χ1) is 13.1. The van der Waals surface area contributed by atoms with Crippen LogP contribution < -0.4 is 4.74 Å². The van der Waals surface area contributed by atoms with Gasteiger partial charge in [0.15, 0.2) is 0 Å². The van der Waals surface area contributed by atoms with E-state index in [1.165, 1.54) is 5.56 Å². The summed E-state index contributed by atoms with van der Waals surface area (Å²) >= 11 is 3.47. The Labute approximate surface area is 165 Å². The van der Waals surface area contributed by atoms with E-state index in [1.807, 2.05) is 62.4 Å². The molecule has 0 aliphatic heterocycles. The van der Waals surface area contributed by atoms with Crippen LogP contribution in [0.5, 0.6) is 11.5 Å². The Hall–Kier alpha value is -2.99. The van der Waals surface area contributed by atoms with Crippen molar-refractivity contribution in [3.05, 3.63) is 76.5 Å². The number of halogens is 1. The summed E-state index contributed by atoms with van der Waals surface area (Å²) < 4.78 is 12.2. The molecule has 0 aliphatic rings. The molecule has 0 N–H and O–H groups in total. The van der Waals surface area contributed by atoms with Crippen molar-refractivity contribution < 1.29 is 9.26 Å². The largest absolute Gasteiger partial charge is 0.457 e. The van der Waals surface area contributed by atoms with E-state index in [0.717, 1.165) is 32.7 Å². The van der Waals surface area contributed by atoms with Crippen molar-refractivity contribution in [2.45, 2.75) is 13.8 Å². The lowest BCUT2D eigenvalue weighted by Gasteiger charge is -2.06. The van der Waals surface area contributed by atoms with E-state index in [4.69, 9.17) is 9.26 Å². The molecule has 27 heavy (non-hydrogen) atoms. The molecule has 5 nitrogen and oxygen atoms in total. The van der Waals surface area contributed by atoms with Gasteiger partial charge in [0.25, 0.3) is 5.89 Å². The zero-order valence-electron chi connectivity index (χ0n) is 14.8. The quantitative estimate of drug-likeness (QED) is 0.406. The standard InChI is InChI=1S/C21H16BrN3O2/c1-13-3-7-16(8-4-13)26-17-9-5-15(6-10-17)20-24-21(27-25-20)18-11-23-12-19(22)14(18)2/h3-12H,1-2H3. The van der Waals surface area contributed by atoms with E-state index in [1.54, 1.807) is 12.4 Å². The van der Waals surface area contributed by atoms with Gasteiger partial charge in [-0.05, 0) is 71.7 Å². The second kappa shape index (κ2) is 7.32. The van der Waals surface area contributed by atoms with Crippen molar-refractivity contribution in [1.29, 1.82) is 0 Å². The third-order valence-electron chi connectivity index (χ3n) is 4.18. The van der Waals surface area contributed by atoms with Crippen LogP contribution >= 0.6 is 15.9 Å². The van der Waals surface area contributed by atoms with E-state index in [9.17, 15) is 0 Å². The fraction of sp³-hybridized carbons (Fsp3) is 0.0952. The third kappa shape index (κ3) is 3.75. The van der Waals surface area contributed by atoms with Crippen LogP contribution in [-0.2, 0) is 0 Å². The van der Waals surface area contributed by atoms with Gasteiger partial charge in [-0.2, -0.15) is 4.98 Å². The topological polar surface area (TPSA) is 61.0 Å². The molecule has 6 heteroatoms. The van der Waals surface area contributed by atoms with E-state index in [-0.39, 0.29) is 0 Å². The summed E-state index contributed by atoms with van der Waals surface area (Å²) in [7, 11) is 0. The molecule has 0 fully saturated rings. The number of pyridine rings is 1. The second-order valence-electron chi connectivity index (χ2n) is 6.16. The lowest BCUT2D eigenvalue weighted by Crippen LogP contribution is -1.88. The molecule has 134 valence electrons. The van der Waals surface area contributed by atoms with E-state index in [0.29, 0.717) is 11.7 Å². The summed E-state index contributed by atoms with van der Waals surface area (Å²) in [6, 6.07) is 15.5. The van der Waals surface area contributed by atoms with Crippen LogP contribution in [0, 0.1) is 13.8 Å². The molecule has 0 unspecified atom stereocenters. The van der Waals surface area contributed by atoms with Gasteiger partial charge in [-0.1, -0.05) is 22.9 Å². The summed E-state index contributed by atoms with van der Waals surface area (Å²) in [5, 5.41) is 4.09. The maximum atomic E-state index is 5.85. The molecule has 0 radical (unpaired) electrons. The molecular weight excluding hydrogens is 406 g/mol. The fourth-order valence-corrected chi connectivity index (χ4v) is 2.91. The Morgan fingerprint density at radius 2 is 1.56 bits per heavy atom. The summed E-state index contributed by atoms with van der Waals surface area (Å²) in [4.78, 5) is 8.67. The number of rotatable bonds is 4. The summed E-state index contributed by atoms with van der Waals surface area (Å²) in [6.45, 7) is 4.02. The minimum absolute atomic E-state index is 0.441. The van der Waals surface area contributed by atoms with Gasteiger partial charge >= 0.3 is 0 Å². The smallest absolute Gasteiger partial charge is 0.260 e. The predicted octanol–water partition coefficient (Wildman–Crippen LogP) is 5.97. The number of ether oxygens (including phenoxy) is 1. The maximum Gasteiger partial charge on any atom is 0.260 e. The Balaban J connectivity index is 1.55. The van der Waals surface area contributed by atoms with Gasteiger partial charge in [0.05, 0.1) is 5.56 Å². The summed E-state index contributed by atoms with van der Waals surface area (Å²) in [5.74, 6) is 2.51. The van der Waals surface area contributed by atoms with Gasteiger partial charge in [-0.25, -0.2) is 0 Å². The van der Waals surface area contributed by atoms with Crippen LogP contribution in [0.25, 0.3) is 22.8 Å². The number of hydrogen-bond donors (Lipinski definition) is 0. The normalized spacial score (nSPS) is 10.8. The maximum absolute atomic E-state index is 5.85. The van der Waals surface area contributed by atoms with Crippen LogP contribution in [0.3, 0.4) is 0 Å². The summed E-state index contributed by atoms with van der Waals surface area (Å²) in [5.41, 5.74) is 3.85. The van der Waals surface area contributed by atoms with Gasteiger partial charge in [0.2, 0.25) is 5.82 Å². The van der Waals surface area contributed by atoms with Gasteiger partial charge in [0.1, 0.15) is 11.5 Å². The van der Waals surface area contributed by atoms with Crippen LogP contribution in [0.4, 0.5) is 0 Å². The predicted molar refractivity (Wildman–Crippen MR) is 107 cm³/mol. The number of nitrogens with zero attached hydrogens (tertiary/aromatic N) is 3. The van der Waals surface area contributed by atoms with Crippen molar-refractivity contribution in [2.75, 3.05) is 0 Å². The number of aromatic nitrogens is 3. The third-order valence-corrected chi connectivity index (χ3v) is 4.98. The monoisotopic (exact) mass is 421 g/mol. The molecule has 0 spiro atoms. The zero-order chi connectivity index (χ0) is 18.8. The lowest BCUT2D eigenvalue weighted by atomic mass is 10.1. The SMILES string of the molecule is Cc1ccc(Oc2ccc(-c3noc(-c4cncc(Br)c4C)n3)cc2)cc1. The van der Waals surface area contributed by atoms with E-state index in [2.05, 4.69) is 31.1 Å². The number of aryl methyl sites for hydroxylation is 1. The number of benzene rings is 2. The molecule has 4 aromatic rings. The Morgan fingerprint density at radius 1 is 0.889 bits per heavy atom. The van der Waals surface area contributed by atoms with Gasteiger partial charge < -0.3 is 9.26 Å². The van der Waals surface area contributed by atoms with Crippen molar-refractivity contribution in [1.82, 2.24) is 15.1 Å². The van der Waals surface area contributed by atoms with Gasteiger partial charge in [0, 0.05) is 22.4 Å². The molecule has 2 heterocycles. The molecule has 0 bridgehead atoms. The minimum atomic E-state index is 0.441. The Morgan fingerprint density at radius 3 is 2.26 bits per heavy atom. The fourth-order valence-electron chi connectivity index (χ4n) is 2.58. The van der Waals surface area contributed by atoms with Crippen LogP contribution in [0.2, 0.25) is 0 Å². The molecule has 0 aliphatic carbocycles. The Bertz CT molecular complexity index is 1070. The summed E-state index contributed by atoms with van der Waals surface area (Å²) in [6.07, 6.45) is 3.46. The van der Waals surface area contributed by atoms with Crippen LogP contribution in [0.1, 0.15) is 11.1 Å². The highest BCUT2D eigenvalue weighted by Gasteiger charge is 2.14. The van der Waals surface area contributed by atoms with Crippen molar-refractivity contribution in [3.8, 4) is 34.3 Å². The average Bonchev–Trinajstić information content (AvgIpc) is 3.16. The molecular formula is C21H16BrN3O2. The molecule has 2 aromatic heterocycles. The van der Waals surface area contributed by atoms with E-state index >= 15 is 0 Å². The zero-order valence-corrected chi connectivity index (χ0v) is 16.4.